The van der Waals surface area contributed by atoms with Gasteiger partial charge in [0.1, 0.15) is 0 Å². The van der Waals surface area contributed by atoms with Gasteiger partial charge in [-0.3, -0.25) is 0 Å². The summed E-state index contributed by atoms with van der Waals surface area (Å²) in [7, 11) is 0. The third-order valence-corrected chi connectivity index (χ3v) is 6.63. The molecule has 2 radical (unpaired) electrons. The molecule has 4 aliphatic carbocycles. The Morgan fingerprint density at radius 3 is 0.417 bits per heavy atom. The fourth-order valence-corrected chi connectivity index (χ4v) is 4.45. The summed E-state index contributed by atoms with van der Waals surface area (Å²) in [5, 5.41) is 0. The summed E-state index contributed by atoms with van der Waals surface area (Å²) < 4.78 is 0. The maximum absolute atomic E-state index is 2.32. The van der Waals surface area contributed by atoms with Crippen molar-refractivity contribution in [2.45, 2.75) is 154 Å². The molecule has 0 saturated heterocycles. The zero-order valence-electron chi connectivity index (χ0n) is 23.0. The number of hydrogen-bond acceptors (Lipinski definition) is 0. The van der Waals surface area contributed by atoms with Gasteiger partial charge in [0.05, 0.1) is 0 Å². The molecule has 0 heterocycles. The molecule has 218 valence electrons. The SMILES string of the molecule is C1=CCCCCCC1.C1=CCCCCCC1.C1=CCCCCCC1.C1=CCCCCCC1.[Cl-].[Cl-].[Ir].[Ir]. The van der Waals surface area contributed by atoms with Crippen molar-refractivity contribution in [2.75, 3.05) is 0 Å². The molecule has 0 bridgehead atoms. The van der Waals surface area contributed by atoms with Gasteiger partial charge in [-0.05, 0) is 103 Å². The van der Waals surface area contributed by atoms with Crippen LogP contribution in [-0.4, -0.2) is 0 Å². The maximum atomic E-state index is 2.32. The minimum absolute atomic E-state index is 0. The van der Waals surface area contributed by atoms with Crippen molar-refractivity contribution in [2.24, 2.45) is 0 Å². The van der Waals surface area contributed by atoms with Crippen LogP contribution < -0.4 is 24.8 Å². The molecule has 0 aliphatic heterocycles. The summed E-state index contributed by atoms with van der Waals surface area (Å²) in [4.78, 5) is 0. The first kappa shape index (κ1) is 43.9. The second-order valence-electron chi connectivity index (χ2n) is 9.85. The molecule has 0 aromatic rings. The molecule has 36 heavy (non-hydrogen) atoms. The van der Waals surface area contributed by atoms with Crippen molar-refractivity contribution in [1.29, 1.82) is 0 Å². The van der Waals surface area contributed by atoms with E-state index in [1.165, 1.54) is 154 Å². The Morgan fingerprint density at radius 1 is 0.194 bits per heavy atom. The fourth-order valence-electron chi connectivity index (χ4n) is 4.45. The first-order valence-electron chi connectivity index (χ1n) is 14.6. The molecule has 0 N–H and O–H groups in total. The second kappa shape index (κ2) is 40.3. The molecule has 0 aromatic carbocycles. The fraction of sp³-hybridized carbons (Fsp3) is 0.750. The molecule has 0 nitrogen and oxygen atoms in total. The van der Waals surface area contributed by atoms with E-state index >= 15 is 0 Å². The van der Waals surface area contributed by atoms with Gasteiger partial charge in [-0.15, -0.1) is 0 Å². The number of hydrogen-bond donors (Lipinski definition) is 0. The van der Waals surface area contributed by atoms with Gasteiger partial charge in [0.25, 0.3) is 0 Å². The molecule has 4 heteroatoms. The van der Waals surface area contributed by atoms with Crippen LogP contribution in [0, 0.1) is 0 Å². The predicted octanol–water partition coefficient (Wildman–Crippen LogP) is 5.59. The molecular weight excluding hydrogens is 840 g/mol. The summed E-state index contributed by atoms with van der Waals surface area (Å²) in [6.07, 6.45) is 52.0. The third kappa shape index (κ3) is 37.0. The topological polar surface area (TPSA) is 0 Å². The Bertz CT molecular complexity index is 359. The monoisotopic (exact) mass is 896 g/mol. The average Bonchev–Trinajstić information content (AvgIpc) is 2.67. The Hall–Kier alpha value is 0.839. The second-order valence-corrected chi connectivity index (χ2v) is 9.85. The van der Waals surface area contributed by atoms with Crippen LogP contribution in [0.25, 0.3) is 0 Å². The van der Waals surface area contributed by atoms with Gasteiger partial charge in [-0.1, -0.05) is 100.0 Å². The van der Waals surface area contributed by atoms with Crippen LogP contribution in [-0.2, 0) is 40.2 Å². The Balaban J connectivity index is -0.000000183. The van der Waals surface area contributed by atoms with E-state index in [2.05, 4.69) is 48.6 Å². The summed E-state index contributed by atoms with van der Waals surface area (Å²) in [5.74, 6) is 0. The predicted molar refractivity (Wildman–Crippen MR) is 147 cm³/mol. The van der Waals surface area contributed by atoms with Crippen molar-refractivity contribution in [3.05, 3.63) is 48.6 Å². The molecule has 4 rings (SSSR count). The zero-order valence-corrected chi connectivity index (χ0v) is 29.3. The van der Waals surface area contributed by atoms with E-state index in [0.717, 1.165) is 0 Å². The molecule has 0 saturated carbocycles. The first-order chi connectivity index (χ1) is 16.0. The van der Waals surface area contributed by atoms with Crippen molar-refractivity contribution in [3.63, 3.8) is 0 Å². The van der Waals surface area contributed by atoms with Crippen molar-refractivity contribution in [3.8, 4) is 0 Å². The largest absolute Gasteiger partial charge is 1.00 e. The quantitative estimate of drug-likeness (QED) is 0.279. The minimum Gasteiger partial charge on any atom is -1.00 e. The molecule has 4 aliphatic rings. The van der Waals surface area contributed by atoms with Crippen molar-refractivity contribution < 1.29 is 65.0 Å². The number of halogens is 2. The molecule has 0 unspecified atom stereocenters. The summed E-state index contributed by atoms with van der Waals surface area (Å²) in [6.45, 7) is 0. The van der Waals surface area contributed by atoms with E-state index in [4.69, 9.17) is 0 Å². The van der Waals surface area contributed by atoms with E-state index < -0.39 is 0 Å². The van der Waals surface area contributed by atoms with Gasteiger partial charge in [0.2, 0.25) is 0 Å². The molecule has 0 amide bonds. The van der Waals surface area contributed by atoms with Gasteiger partial charge in [-0.2, -0.15) is 0 Å². The first-order valence-corrected chi connectivity index (χ1v) is 14.6. The Morgan fingerprint density at radius 2 is 0.306 bits per heavy atom. The third-order valence-electron chi connectivity index (χ3n) is 6.63. The molecule has 0 atom stereocenters. The van der Waals surface area contributed by atoms with Gasteiger partial charge >= 0.3 is 0 Å². The van der Waals surface area contributed by atoms with E-state index in [9.17, 15) is 0 Å². The minimum atomic E-state index is 0. The van der Waals surface area contributed by atoms with E-state index in [1.54, 1.807) is 0 Å². The maximum Gasteiger partial charge on any atom is 0 e. The Kier molecular flexibility index (Phi) is 49.2. The van der Waals surface area contributed by atoms with E-state index in [1.807, 2.05) is 0 Å². The molecule has 0 spiro atoms. The van der Waals surface area contributed by atoms with Crippen molar-refractivity contribution in [1.82, 2.24) is 0 Å². The van der Waals surface area contributed by atoms with Crippen LogP contribution in [0.15, 0.2) is 48.6 Å². The molecule has 0 aromatic heterocycles. The van der Waals surface area contributed by atoms with E-state index in [-0.39, 0.29) is 65.0 Å². The van der Waals surface area contributed by atoms with E-state index in [0.29, 0.717) is 0 Å². The molecule has 0 fully saturated rings. The zero-order chi connectivity index (χ0) is 22.6. The average molecular weight is 896 g/mol. The normalized spacial score (nSPS) is 19.6. The Labute approximate surface area is 266 Å². The smallest absolute Gasteiger partial charge is 0 e. The number of allylic oxidation sites excluding steroid dienone is 8. The van der Waals surface area contributed by atoms with Crippen LogP contribution in [0.1, 0.15) is 154 Å². The van der Waals surface area contributed by atoms with Gasteiger partial charge in [-0.25, -0.2) is 0 Å². The van der Waals surface area contributed by atoms with Gasteiger partial charge in [0.15, 0.2) is 0 Å². The van der Waals surface area contributed by atoms with Crippen LogP contribution in [0.5, 0.6) is 0 Å². The summed E-state index contributed by atoms with van der Waals surface area (Å²) in [5.41, 5.74) is 0. The van der Waals surface area contributed by atoms with Gasteiger partial charge < -0.3 is 24.8 Å². The van der Waals surface area contributed by atoms with Crippen LogP contribution in [0.3, 0.4) is 0 Å². The van der Waals surface area contributed by atoms with Crippen LogP contribution in [0.4, 0.5) is 0 Å². The molecular formula is C32H56Cl2Ir2-2. The van der Waals surface area contributed by atoms with Gasteiger partial charge in [0, 0.05) is 40.2 Å². The van der Waals surface area contributed by atoms with Crippen LogP contribution >= 0.6 is 0 Å². The summed E-state index contributed by atoms with van der Waals surface area (Å²) >= 11 is 0. The van der Waals surface area contributed by atoms with Crippen molar-refractivity contribution >= 4 is 0 Å². The summed E-state index contributed by atoms with van der Waals surface area (Å²) in [6, 6.07) is 0. The number of rotatable bonds is 0. The standard InChI is InChI=1S/4C8H14.2ClH.2Ir/c4*1-2-4-6-8-7-5-3-1;;;;/h4*1-2H,3-8H2;2*1H;;/p-2. The van der Waals surface area contributed by atoms with Crippen LogP contribution in [0.2, 0.25) is 0 Å².